The van der Waals surface area contributed by atoms with E-state index < -0.39 is 38.9 Å². The van der Waals surface area contributed by atoms with Crippen LogP contribution in [0.15, 0.2) is 18.2 Å². The Labute approximate surface area is 97.7 Å². The lowest BCUT2D eigenvalue weighted by Gasteiger charge is -2.01. The van der Waals surface area contributed by atoms with Gasteiger partial charge in [-0.1, -0.05) is 0 Å². The van der Waals surface area contributed by atoms with E-state index in [1.165, 1.54) is 0 Å². The van der Waals surface area contributed by atoms with Gasteiger partial charge in [-0.2, -0.15) is 0 Å². The van der Waals surface area contributed by atoms with Crippen LogP contribution in [0.2, 0.25) is 0 Å². The number of rotatable bonds is 5. The summed E-state index contributed by atoms with van der Waals surface area (Å²) < 4.78 is 24.2. The molecule has 0 saturated heterocycles. The van der Waals surface area contributed by atoms with E-state index in [0.29, 0.717) is 0 Å². The number of hydrogen-bond donors (Lipinski definition) is 1. The van der Waals surface area contributed by atoms with E-state index in [-0.39, 0.29) is 11.3 Å². The van der Waals surface area contributed by atoms with Crippen molar-refractivity contribution in [2.75, 3.05) is 5.75 Å². The van der Waals surface area contributed by atoms with Gasteiger partial charge in [-0.3, -0.25) is 19.1 Å². The summed E-state index contributed by atoms with van der Waals surface area (Å²) in [7, 11) is -1.72. The second kappa shape index (κ2) is 5.48. The topological polar surface area (TPSA) is 97.5 Å². The predicted octanol–water partition coefficient (Wildman–Crippen LogP) is 1.07. The molecule has 1 atom stereocenters. The van der Waals surface area contributed by atoms with E-state index in [4.69, 9.17) is 5.11 Å². The summed E-state index contributed by atoms with van der Waals surface area (Å²) in [6.45, 7) is 0. The number of aliphatic carboxylic acids is 1. The minimum Gasteiger partial charge on any atom is -0.481 e. The summed E-state index contributed by atoms with van der Waals surface area (Å²) >= 11 is 0. The van der Waals surface area contributed by atoms with Gasteiger partial charge in [-0.05, 0) is 11.6 Å². The number of non-ortho nitro benzene ring substituents is 1. The van der Waals surface area contributed by atoms with Gasteiger partial charge in [0.05, 0.1) is 11.0 Å². The lowest BCUT2D eigenvalue weighted by Crippen LogP contribution is -2.10. The van der Waals surface area contributed by atoms with Crippen LogP contribution in [0.1, 0.15) is 5.56 Å². The number of nitrogens with zero attached hydrogens (tertiary/aromatic N) is 1. The van der Waals surface area contributed by atoms with Crippen molar-refractivity contribution in [3.8, 4) is 0 Å². The fourth-order valence-electron chi connectivity index (χ4n) is 1.20. The van der Waals surface area contributed by atoms with Crippen LogP contribution in [-0.2, 0) is 21.3 Å². The third kappa shape index (κ3) is 4.27. The van der Waals surface area contributed by atoms with Crippen LogP contribution in [-0.4, -0.2) is 26.0 Å². The minimum absolute atomic E-state index is 0.135. The first-order valence-electron chi connectivity index (χ1n) is 4.39. The molecule has 17 heavy (non-hydrogen) atoms. The normalized spacial score (nSPS) is 12.1. The van der Waals surface area contributed by atoms with Crippen molar-refractivity contribution in [2.45, 2.75) is 5.75 Å². The molecule has 92 valence electrons. The number of hydrogen-bond acceptors (Lipinski definition) is 4. The van der Waals surface area contributed by atoms with Crippen LogP contribution in [0, 0.1) is 15.9 Å². The Balaban J connectivity index is 2.88. The molecule has 0 saturated carbocycles. The Morgan fingerprint density at radius 2 is 2.12 bits per heavy atom. The maximum Gasteiger partial charge on any atom is 0.316 e. The molecule has 0 fully saturated rings. The summed E-state index contributed by atoms with van der Waals surface area (Å²) in [5.41, 5.74) is -0.316. The lowest BCUT2D eigenvalue weighted by molar-refractivity contribution is -0.385. The smallest absolute Gasteiger partial charge is 0.316 e. The highest BCUT2D eigenvalue weighted by Gasteiger charge is 2.13. The third-order valence-corrected chi connectivity index (χ3v) is 2.99. The van der Waals surface area contributed by atoms with Gasteiger partial charge in [0.2, 0.25) is 0 Å². The average Bonchev–Trinajstić information content (AvgIpc) is 2.14. The molecule has 0 aliphatic heterocycles. The fourth-order valence-corrected chi connectivity index (χ4v) is 2.11. The first-order valence-corrected chi connectivity index (χ1v) is 5.88. The minimum atomic E-state index is -1.72. The van der Waals surface area contributed by atoms with Gasteiger partial charge in [0.15, 0.2) is 0 Å². The van der Waals surface area contributed by atoms with Crippen LogP contribution in [0.5, 0.6) is 0 Å². The van der Waals surface area contributed by atoms with Crippen molar-refractivity contribution >= 4 is 22.5 Å². The molecule has 1 aromatic carbocycles. The lowest BCUT2D eigenvalue weighted by atomic mass is 10.2. The van der Waals surface area contributed by atoms with Crippen LogP contribution in [0.4, 0.5) is 10.1 Å². The maximum atomic E-state index is 13.0. The molecule has 0 spiro atoms. The molecule has 0 aliphatic rings. The van der Waals surface area contributed by atoms with Crippen molar-refractivity contribution in [2.24, 2.45) is 0 Å². The predicted molar refractivity (Wildman–Crippen MR) is 57.4 cm³/mol. The summed E-state index contributed by atoms with van der Waals surface area (Å²) in [6, 6.07) is 2.80. The molecule has 8 heteroatoms. The second-order valence-corrected chi connectivity index (χ2v) is 4.65. The van der Waals surface area contributed by atoms with Crippen molar-refractivity contribution in [3.05, 3.63) is 39.7 Å². The molecular weight excluding hydrogens is 253 g/mol. The van der Waals surface area contributed by atoms with Crippen LogP contribution in [0.25, 0.3) is 0 Å². The number of nitro benzene ring substituents is 1. The zero-order valence-corrected chi connectivity index (χ0v) is 9.28. The first kappa shape index (κ1) is 13.2. The molecule has 0 radical (unpaired) electrons. The van der Waals surface area contributed by atoms with Crippen molar-refractivity contribution < 1.29 is 23.4 Å². The molecule has 1 rings (SSSR count). The van der Waals surface area contributed by atoms with E-state index >= 15 is 0 Å². The Hall–Kier alpha value is -1.83. The summed E-state index contributed by atoms with van der Waals surface area (Å²) in [6.07, 6.45) is 0. The second-order valence-electron chi connectivity index (χ2n) is 3.20. The molecular formula is C9H8FNO5S. The molecule has 0 aromatic heterocycles. The van der Waals surface area contributed by atoms with Gasteiger partial charge in [-0.25, -0.2) is 4.39 Å². The molecule has 1 unspecified atom stereocenters. The van der Waals surface area contributed by atoms with Gasteiger partial charge in [-0.15, -0.1) is 0 Å². The standard InChI is InChI=1S/C9H8FNO5S/c10-7-1-6(2-8(3-7)11(14)15)4-17(16)5-9(12)13/h1-3H,4-5H2,(H,12,13). The fraction of sp³-hybridized carbons (Fsp3) is 0.222. The van der Waals surface area contributed by atoms with E-state index in [9.17, 15) is 23.5 Å². The highest BCUT2D eigenvalue weighted by molar-refractivity contribution is 7.84. The number of carboxylic acid groups (broad SMARTS) is 1. The molecule has 0 bridgehead atoms. The quantitative estimate of drug-likeness (QED) is 0.631. The first-order chi connectivity index (χ1) is 7.88. The van der Waals surface area contributed by atoms with Crippen molar-refractivity contribution in [3.63, 3.8) is 0 Å². The molecule has 0 aliphatic carbocycles. The van der Waals surface area contributed by atoms with E-state index in [1.807, 2.05) is 0 Å². The summed E-state index contributed by atoms with van der Waals surface area (Å²) in [5, 5.41) is 18.8. The molecule has 1 aromatic rings. The zero-order chi connectivity index (χ0) is 13.0. The van der Waals surface area contributed by atoms with Crippen LogP contribution < -0.4 is 0 Å². The number of nitro groups is 1. The van der Waals surface area contributed by atoms with Gasteiger partial charge < -0.3 is 5.11 Å². The number of carboxylic acids is 1. The highest BCUT2D eigenvalue weighted by atomic mass is 32.2. The van der Waals surface area contributed by atoms with Crippen LogP contribution in [0.3, 0.4) is 0 Å². The molecule has 0 amide bonds. The molecule has 0 heterocycles. The monoisotopic (exact) mass is 261 g/mol. The summed E-state index contributed by atoms with van der Waals surface area (Å²) in [5.74, 6) is -2.87. The summed E-state index contributed by atoms with van der Waals surface area (Å²) in [4.78, 5) is 19.9. The van der Waals surface area contributed by atoms with Gasteiger partial charge in [0.25, 0.3) is 5.69 Å². The Morgan fingerprint density at radius 1 is 1.47 bits per heavy atom. The van der Waals surface area contributed by atoms with Crippen molar-refractivity contribution in [1.82, 2.24) is 0 Å². The molecule has 6 nitrogen and oxygen atoms in total. The number of carbonyl (C=O) groups is 1. The van der Waals surface area contributed by atoms with E-state index in [1.54, 1.807) is 0 Å². The van der Waals surface area contributed by atoms with E-state index in [0.717, 1.165) is 18.2 Å². The van der Waals surface area contributed by atoms with Gasteiger partial charge in [0, 0.05) is 22.6 Å². The highest BCUT2D eigenvalue weighted by Crippen LogP contribution is 2.17. The number of halogens is 1. The Bertz CT molecular complexity index is 490. The van der Waals surface area contributed by atoms with Gasteiger partial charge >= 0.3 is 5.97 Å². The van der Waals surface area contributed by atoms with Crippen molar-refractivity contribution in [1.29, 1.82) is 0 Å². The van der Waals surface area contributed by atoms with E-state index in [2.05, 4.69) is 0 Å². The third-order valence-electron chi connectivity index (χ3n) is 1.77. The number of benzene rings is 1. The Morgan fingerprint density at radius 3 is 2.65 bits per heavy atom. The zero-order valence-electron chi connectivity index (χ0n) is 8.46. The average molecular weight is 261 g/mol. The largest absolute Gasteiger partial charge is 0.481 e. The van der Waals surface area contributed by atoms with Gasteiger partial charge in [0.1, 0.15) is 11.6 Å². The Kier molecular flexibility index (Phi) is 4.27. The van der Waals surface area contributed by atoms with Crippen LogP contribution >= 0.6 is 0 Å². The molecule has 1 N–H and O–H groups in total. The maximum absolute atomic E-state index is 13.0. The SMILES string of the molecule is O=C(O)CS(=O)Cc1cc(F)cc([N+](=O)[O-])c1.